The van der Waals surface area contributed by atoms with Crippen LogP contribution in [0.1, 0.15) is 40.8 Å². The van der Waals surface area contributed by atoms with E-state index in [0.29, 0.717) is 68.5 Å². The van der Waals surface area contributed by atoms with E-state index in [1.165, 1.54) is 29.7 Å². The van der Waals surface area contributed by atoms with Gasteiger partial charge < -0.3 is 14.4 Å². The molecular formula is C21H26N4O5S. The third-order valence-electron chi connectivity index (χ3n) is 5.65. The summed E-state index contributed by atoms with van der Waals surface area (Å²) in [5.74, 6) is 0.899. The summed E-state index contributed by atoms with van der Waals surface area (Å²) in [6.45, 7) is 4.05. The van der Waals surface area contributed by atoms with Gasteiger partial charge in [-0.25, -0.2) is 18.4 Å². The highest BCUT2D eigenvalue weighted by Crippen LogP contribution is 2.37. The lowest BCUT2D eigenvalue weighted by molar-refractivity contribution is 0.0300. The first-order valence-corrected chi connectivity index (χ1v) is 11.7. The average molecular weight is 447 g/mol. The highest BCUT2D eigenvalue weighted by atomic mass is 32.2. The van der Waals surface area contributed by atoms with Crippen molar-refractivity contribution in [2.45, 2.75) is 30.7 Å². The lowest BCUT2D eigenvalue weighted by atomic mass is 10.1. The summed E-state index contributed by atoms with van der Waals surface area (Å²) in [6.07, 6.45) is 2.80. The molecule has 1 aromatic carbocycles. The molecule has 1 amide bonds. The van der Waals surface area contributed by atoms with Gasteiger partial charge in [-0.15, -0.1) is 0 Å². The maximum Gasteiger partial charge on any atom is 0.257 e. The van der Waals surface area contributed by atoms with Crippen molar-refractivity contribution >= 4 is 15.9 Å². The maximum absolute atomic E-state index is 13.4. The second kappa shape index (κ2) is 8.89. The Hall–Kier alpha value is -2.56. The number of amides is 1. The molecule has 0 spiro atoms. The number of ether oxygens (including phenoxy) is 2. The maximum atomic E-state index is 13.4. The quantitative estimate of drug-likeness (QED) is 0.690. The fourth-order valence-corrected chi connectivity index (χ4v) is 5.69. The first kappa shape index (κ1) is 21.7. The molecule has 0 unspecified atom stereocenters. The summed E-state index contributed by atoms with van der Waals surface area (Å²) in [6, 6.07) is 5.80. The number of aryl methyl sites for hydroxylation is 1. The molecule has 10 heteroatoms. The van der Waals surface area contributed by atoms with Crippen LogP contribution in [0.25, 0.3) is 0 Å². The smallest absolute Gasteiger partial charge is 0.257 e. The number of nitrogens with zero attached hydrogens (tertiary/aromatic N) is 4. The van der Waals surface area contributed by atoms with Crippen LogP contribution in [0.5, 0.6) is 5.75 Å². The van der Waals surface area contributed by atoms with Gasteiger partial charge in [0.25, 0.3) is 5.91 Å². The number of methoxy groups -OCH3 is 1. The van der Waals surface area contributed by atoms with Gasteiger partial charge in [0.1, 0.15) is 11.6 Å². The largest absolute Gasteiger partial charge is 0.497 e. The topological polar surface area (TPSA) is 102 Å². The molecule has 0 aliphatic carbocycles. The van der Waals surface area contributed by atoms with Crippen molar-refractivity contribution in [3.63, 3.8) is 0 Å². The third-order valence-corrected chi connectivity index (χ3v) is 7.58. The standard InChI is InChI=1S/C21H26N4O5S/c1-15-22-14-18(21(26)24-10-12-30-13-11-24)20(23-15)19-4-3-9-25(19)31(27,28)17-7-5-16(29-2)6-8-17/h5-8,14,19H,3-4,9-13H2,1-2H3/t19-/m0/s1. The van der Waals surface area contributed by atoms with Crippen molar-refractivity contribution in [3.05, 3.63) is 47.5 Å². The predicted octanol–water partition coefficient (Wildman–Crippen LogP) is 1.79. The van der Waals surface area contributed by atoms with Crippen molar-refractivity contribution in [2.24, 2.45) is 0 Å². The number of rotatable bonds is 5. The van der Waals surface area contributed by atoms with Gasteiger partial charge in [-0.1, -0.05) is 0 Å². The second-order valence-electron chi connectivity index (χ2n) is 7.57. The number of carbonyl (C=O) groups is 1. The van der Waals surface area contributed by atoms with Gasteiger partial charge in [-0.2, -0.15) is 4.31 Å². The highest BCUT2D eigenvalue weighted by molar-refractivity contribution is 7.89. The van der Waals surface area contributed by atoms with Gasteiger partial charge >= 0.3 is 0 Å². The van der Waals surface area contributed by atoms with E-state index in [9.17, 15) is 13.2 Å². The minimum Gasteiger partial charge on any atom is -0.497 e. The first-order chi connectivity index (χ1) is 14.9. The number of sulfonamides is 1. The summed E-state index contributed by atoms with van der Waals surface area (Å²) in [7, 11) is -2.24. The van der Waals surface area contributed by atoms with Gasteiger partial charge in [0.05, 0.1) is 42.5 Å². The molecule has 9 nitrogen and oxygen atoms in total. The molecule has 2 fully saturated rings. The van der Waals surface area contributed by atoms with Crippen LogP contribution in [-0.4, -0.2) is 73.5 Å². The van der Waals surface area contributed by atoms with Crippen LogP contribution < -0.4 is 4.74 Å². The molecule has 1 aromatic heterocycles. The molecule has 0 radical (unpaired) electrons. The van der Waals surface area contributed by atoms with E-state index in [1.54, 1.807) is 24.0 Å². The predicted molar refractivity (Wildman–Crippen MR) is 112 cm³/mol. The molecule has 166 valence electrons. The molecule has 0 saturated carbocycles. The fraction of sp³-hybridized carbons (Fsp3) is 0.476. The van der Waals surface area contributed by atoms with Gasteiger partial charge in [0, 0.05) is 25.8 Å². The Labute approximate surface area is 182 Å². The molecule has 4 rings (SSSR count). The summed E-state index contributed by atoms with van der Waals surface area (Å²) in [4.78, 5) is 23.8. The molecule has 1 atom stereocenters. The average Bonchev–Trinajstić information content (AvgIpc) is 3.30. The molecule has 0 N–H and O–H groups in total. The minimum absolute atomic E-state index is 0.187. The number of morpholine rings is 1. The fourth-order valence-electron chi connectivity index (χ4n) is 4.03. The lowest BCUT2D eigenvalue weighted by Crippen LogP contribution is -2.41. The molecule has 31 heavy (non-hydrogen) atoms. The normalized spacial score (nSPS) is 20.1. The number of hydrogen-bond acceptors (Lipinski definition) is 7. The molecule has 2 aromatic rings. The molecule has 2 saturated heterocycles. The number of hydrogen-bond donors (Lipinski definition) is 0. The van der Waals surface area contributed by atoms with Gasteiger partial charge in [0.2, 0.25) is 10.0 Å². The lowest BCUT2D eigenvalue weighted by Gasteiger charge is -2.29. The zero-order valence-corrected chi connectivity index (χ0v) is 18.5. The van der Waals surface area contributed by atoms with Crippen LogP contribution in [0, 0.1) is 6.92 Å². The highest BCUT2D eigenvalue weighted by Gasteiger charge is 2.39. The van der Waals surface area contributed by atoms with Crippen molar-refractivity contribution in [3.8, 4) is 5.75 Å². The SMILES string of the molecule is COc1ccc(S(=O)(=O)N2CCC[C@H]2c2nc(C)ncc2C(=O)N2CCOCC2)cc1. The van der Waals surface area contributed by atoms with Crippen molar-refractivity contribution < 1.29 is 22.7 Å². The first-order valence-electron chi connectivity index (χ1n) is 10.3. The number of benzene rings is 1. The van der Waals surface area contributed by atoms with Crippen LogP contribution in [0.2, 0.25) is 0 Å². The molecular weight excluding hydrogens is 420 g/mol. The Kier molecular flexibility index (Phi) is 6.22. The van der Waals surface area contributed by atoms with Gasteiger partial charge in [-0.05, 0) is 44.0 Å². The zero-order chi connectivity index (χ0) is 22.0. The van der Waals surface area contributed by atoms with E-state index in [0.717, 1.165) is 0 Å². The van der Waals surface area contributed by atoms with Crippen molar-refractivity contribution in [2.75, 3.05) is 40.0 Å². The summed E-state index contributed by atoms with van der Waals surface area (Å²) >= 11 is 0. The van der Waals surface area contributed by atoms with Crippen LogP contribution in [-0.2, 0) is 14.8 Å². The minimum atomic E-state index is -3.77. The summed E-state index contributed by atoms with van der Waals surface area (Å²) < 4.78 is 38.8. The van der Waals surface area contributed by atoms with Crippen LogP contribution in [0.3, 0.4) is 0 Å². The van der Waals surface area contributed by atoms with Gasteiger partial charge in [-0.3, -0.25) is 4.79 Å². The van der Waals surface area contributed by atoms with Crippen molar-refractivity contribution in [1.29, 1.82) is 0 Å². The Balaban J connectivity index is 1.69. The van der Waals surface area contributed by atoms with Crippen LogP contribution in [0.4, 0.5) is 0 Å². The molecule has 0 bridgehead atoms. The van der Waals surface area contributed by atoms with Crippen molar-refractivity contribution in [1.82, 2.24) is 19.2 Å². The van der Waals surface area contributed by atoms with Crippen LogP contribution in [0.15, 0.2) is 35.4 Å². The molecule has 2 aliphatic heterocycles. The van der Waals surface area contributed by atoms with Crippen LogP contribution >= 0.6 is 0 Å². The Morgan fingerprint density at radius 1 is 1.16 bits per heavy atom. The Morgan fingerprint density at radius 3 is 2.55 bits per heavy atom. The van der Waals surface area contributed by atoms with E-state index in [2.05, 4.69) is 9.97 Å². The monoisotopic (exact) mass is 446 g/mol. The zero-order valence-electron chi connectivity index (χ0n) is 17.7. The van der Waals surface area contributed by atoms with E-state index < -0.39 is 16.1 Å². The Morgan fingerprint density at radius 2 is 1.87 bits per heavy atom. The molecule has 3 heterocycles. The van der Waals surface area contributed by atoms with E-state index in [4.69, 9.17) is 9.47 Å². The Bertz CT molecular complexity index is 1050. The third kappa shape index (κ3) is 4.28. The van der Waals surface area contributed by atoms with Gasteiger partial charge in [0.15, 0.2) is 0 Å². The molecule has 2 aliphatic rings. The summed E-state index contributed by atoms with van der Waals surface area (Å²) in [5, 5.41) is 0. The number of carbonyl (C=O) groups excluding carboxylic acids is 1. The van der Waals surface area contributed by atoms with E-state index >= 15 is 0 Å². The van der Waals surface area contributed by atoms with E-state index in [-0.39, 0.29) is 10.8 Å². The summed E-state index contributed by atoms with van der Waals surface area (Å²) in [5.41, 5.74) is 0.827. The number of aromatic nitrogens is 2. The second-order valence-corrected chi connectivity index (χ2v) is 9.46. The van der Waals surface area contributed by atoms with E-state index in [1.807, 2.05) is 0 Å².